The summed E-state index contributed by atoms with van der Waals surface area (Å²) in [5.41, 5.74) is 2.84. The van der Waals surface area contributed by atoms with E-state index in [1.807, 2.05) is 36.5 Å². The van der Waals surface area contributed by atoms with Crippen molar-refractivity contribution in [2.24, 2.45) is 0 Å². The first-order valence-corrected chi connectivity index (χ1v) is 8.47. The number of carbonyl (C=O) groups is 1. The highest BCUT2D eigenvalue weighted by molar-refractivity contribution is 6.37. The van der Waals surface area contributed by atoms with E-state index < -0.39 is 4.92 Å². The largest absolute Gasteiger partial charge is 0.321 e. The van der Waals surface area contributed by atoms with Crippen molar-refractivity contribution in [3.05, 3.63) is 86.7 Å². The molecular weight excluding hydrogens is 368 g/mol. The number of anilines is 1. The molecule has 1 aliphatic heterocycles. The first-order valence-electron chi connectivity index (χ1n) is 8.09. The van der Waals surface area contributed by atoms with E-state index in [9.17, 15) is 14.9 Å². The van der Waals surface area contributed by atoms with Crippen LogP contribution < -0.4 is 5.32 Å². The van der Waals surface area contributed by atoms with Gasteiger partial charge in [-0.05, 0) is 17.7 Å². The average molecular weight is 381 g/mol. The summed E-state index contributed by atoms with van der Waals surface area (Å²) in [5.74, 6) is -0.336. The zero-order valence-electron chi connectivity index (χ0n) is 13.9. The molecule has 8 heteroatoms. The van der Waals surface area contributed by atoms with Crippen LogP contribution in [-0.2, 0) is 11.3 Å². The quantitative estimate of drug-likeness (QED) is 0.421. The summed E-state index contributed by atoms with van der Waals surface area (Å²) >= 11 is 5.91. The molecule has 0 unspecified atom stereocenters. The number of hydrogen-bond donors (Lipinski definition) is 1. The number of aromatic nitrogens is 2. The van der Waals surface area contributed by atoms with Crippen molar-refractivity contribution >= 4 is 40.5 Å². The Morgan fingerprint density at radius 1 is 1.26 bits per heavy atom. The van der Waals surface area contributed by atoms with Crippen LogP contribution in [0.15, 0.2) is 54.9 Å². The number of amides is 1. The number of carbonyl (C=O) groups excluding carboxylic acids is 1. The summed E-state index contributed by atoms with van der Waals surface area (Å²) in [6.07, 6.45) is 5.12. The Bertz CT molecular complexity index is 1090. The number of nitrogens with one attached hydrogen (secondary N) is 1. The van der Waals surface area contributed by atoms with Crippen LogP contribution in [0.2, 0.25) is 5.02 Å². The van der Waals surface area contributed by atoms with Crippen LogP contribution in [0.4, 0.5) is 11.4 Å². The van der Waals surface area contributed by atoms with E-state index in [2.05, 4.69) is 10.4 Å². The van der Waals surface area contributed by atoms with Gasteiger partial charge in [-0.3, -0.25) is 19.6 Å². The number of nitro groups is 1. The van der Waals surface area contributed by atoms with Crippen LogP contribution in [0, 0.1) is 10.1 Å². The summed E-state index contributed by atoms with van der Waals surface area (Å²) in [4.78, 5) is 22.9. The van der Waals surface area contributed by atoms with Crippen LogP contribution in [-0.4, -0.2) is 20.6 Å². The zero-order chi connectivity index (χ0) is 19.0. The van der Waals surface area contributed by atoms with Crippen molar-refractivity contribution in [1.82, 2.24) is 9.78 Å². The smallest absolute Gasteiger partial charge is 0.288 e. The molecule has 2 heterocycles. The molecule has 1 aromatic heterocycles. The maximum atomic E-state index is 12.3. The fourth-order valence-electron chi connectivity index (χ4n) is 2.96. The lowest BCUT2D eigenvalue weighted by atomic mass is 10.0. The Morgan fingerprint density at radius 3 is 2.78 bits per heavy atom. The molecule has 0 atom stereocenters. The van der Waals surface area contributed by atoms with Crippen LogP contribution in [0.5, 0.6) is 0 Å². The van der Waals surface area contributed by atoms with Gasteiger partial charge in [-0.25, -0.2) is 0 Å². The van der Waals surface area contributed by atoms with Crippen LogP contribution in [0.1, 0.15) is 16.7 Å². The molecule has 0 fully saturated rings. The van der Waals surface area contributed by atoms with Crippen molar-refractivity contribution in [3.8, 4) is 0 Å². The zero-order valence-corrected chi connectivity index (χ0v) is 14.7. The Balaban J connectivity index is 1.67. The fraction of sp³-hybridized carbons (Fsp3) is 0.0526. The van der Waals surface area contributed by atoms with Gasteiger partial charge in [0.1, 0.15) is 5.02 Å². The van der Waals surface area contributed by atoms with Gasteiger partial charge in [-0.2, -0.15) is 5.10 Å². The normalized spacial score (nSPS) is 14.3. The fourth-order valence-corrected chi connectivity index (χ4v) is 3.19. The minimum Gasteiger partial charge on any atom is -0.321 e. The minimum absolute atomic E-state index is 0.0176. The van der Waals surface area contributed by atoms with Crippen LogP contribution in [0.25, 0.3) is 11.6 Å². The molecule has 0 saturated heterocycles. The predicted molar refractivity (Wildman–Crippen MR) is 102 cm³/mol. The monoisotopic (exact) mass is 380 g/mol. The molecule has 134 valence electrons. The summed E-state index contributed by atoms with van der Waals surface area (Å²) in [7, 11) is 0. The van der Waals surface area contributed by atoms with Crippen LogP contribution in [0.3, 0.4) is 0 Å². The maximum Gasteiger partial charge on any atom is 0.288 e. The second-order valence-electron chi connectivity index (χ2n) is 6.08. The number of fused-ring (bicyclic) bond motifs is 1. The second-order valence-corrected chi connectivity index (χ2v) is 6.48. The highest BCUT2D eigenvalue weighted by Crippen LogP contribution is 2.39. The molecule has 27 heavy (non-hydrogen) atoms. The minimum atomic E-state index is -0.569. The molecule has 0 saturated carbocycles. The molecule has 1 N–H and O–H groups in total. The van der Waals surface area contributed by atoms with Gasteiger partial charge in [0, 0.05) is 29.0 Å². The third kappa shape index (κ3) is 3.32. The van der Waals surface area contributed by atoms with Gasteiger partial charge >= 0.3 is 0 Å². The topological polar surface area (TPSA) is 90.1 Å². The summed E-state index contributed by atoms with van der Waals surface area (Å²) in [5, 5.41) is 18.1. The molecule has 0 spiro atoms. The maximum absolute atomic E-state index is 12.3. The van der Waals surface area contributed by atoms with Gasteiger partial charge in [0.15, 0.2) is 0 Å². The number of benzene rings is 2. The lowest BCUT2D eigenvalue weighted by molar-refractivity contribution is -0.384. The summed E-state index contributed by atoms with van der Waals surface area (Å²) < 4.78 is 1.76. The Kier molecular flexibility index (Phi) is 4.21. The molecular formula is C19H13ClN4O3. The first-order chi connectivity index (χ1) is 13.0. The highest BCUT2D eigenvalue weighted by Gasteiger charge is 2.28. The molecule has 3 aromatic rings. The molecule has 1 aliphatic rings. The third-order valence-electron chi connectivity index (χ3n) is 4.22. The van der Waals surface area contributed by atoms with E-state index in [4.69, 9.17) is 11.6 Å². The second kappa shape index (κ2) is 6.69. The summed E-state index contributed by atoms with van der Waals surface area (Å²) in [6.45, 7) is 0.605. The first kappa shape index (κ1) is 17.0. The summed E-state index contributed by atoms with van der Waals surface area (Å²) in [6, 6.07) is 12.6. The number of rotatable bonds is 4. The Labute approximate surface area is 159 Å². The lowest BCUT2D eigenvalue weighted by Gasteiger charge is -2.01. The SMILES string of the molecule is O=C1Nc2cc(Cl)c([N+](=O)[O-])cc2C1=Cc1cnn(Cc2ccccc2)c1. The van der Waals surface area contributed by atoms with E-state index >= 15 is 0 Å². The highest BCUT2D eigenvalue weighted by atomic mass is 35.5. The van der Waals surface area contributed by atoms with Crippen molar-refractivity contribution < 1.29 is 9.72 Å². The lowest BCUT2D eigenvalue weighted by Crippen LogP contribution is -2.03. The van der Waals surface area contributed by atoms with Gasteiger partial charge in [-0.1, -0.05) is 41.9 Å². The molecule has 2 aromatic carbocycles. The molecule has 0 bridgehead atoms. The van der Waals surface area contributed by atoms with Gasteiger partial charge in [0.05, 0.1) is 23.4 Å². The van der Waals surface area contributed by atoms with E-state index in [-0.39, 0.29) is 16.6 Å². The Hall–Kier alpha value is -3.45. The van der Waals surface area contributed by atoms with Crippen molar-refractivity contribution in [3.63, 3.8) is 0 Å². The van der Waals surface area contributed by atoms with Gasteiger partial charge in [-0.15, -0.1) is 0 Å². The van der Waals surface area contributed by atoms with E-state index in [0.717, 1.165) is 11.1 Å². The van der Waals surface area contributed by atoms with E-state index in [1.54, 1.807) is 17.0 Å². The van der Waals surface area contributed by atoms with Crippen molar-refractivity contribution in [2.75, 3.05) is 5.32 Å². The molecule has 7 nitrogen and oxygen atoms in total. The third-order valence-corrected chi connectivity index (χ3v) is 4.52. The molecule has 0 radical (unpaired) electrons. The van der Waals surface area contributed by atoms with Gasteiger partial charge < -0.3 is 5.32 Å². The molecule has 0 aliphatic carbocycles. The van der Waals surface area contributed by atoms with Crippen LogP contribution >= 0.6 is 11.6 Å². The number of hydrogen-bond acceptors (Lipinski definition) is 4. The number of nitro benzene ring substituents is 1. The Morgan fingerprint density at radius 2 is 2.04 bits per heavy atom. The van der Waals surface area contributed by atoms with E-state index in [0.29, 0.717) is 23.4 Å². The van der Waals surface area contributed by atoms with Crippen molar-refractivity contribution in [2.45, 2.75) is 6.54 Å². The molecule has 4 rings (SSSR count). The molecule has 1 amide bonds. The number of nitrogens with zero attached hydrogens (tertiary/aromatic N) is 3. The average Bonchev–Trinajstić information content (AvgIpc) is 3.19. The standard InChI is InChI=1S/C19H13ClN4O3/c20-16-8-17-14(7-18(16)24(26)27)15(19(25)22-17)6-13-9-21-23(11-13)10-12-4-2-1-3-5-12/h1-9,11H,10H2,(H,22,25). The predicted octanol–water partition coefficient (Wildman–Crippen LogP) is 3.99. The van der Waals surface area contributed by atoms with Gasteiger partial charge in [0.2, 0.25) is 0 Å². The number of halogens is 1. The van der Waals surface area contributed by atoms with Gasteiger partial charge in [0.25, 0.3) is 11.6 Å². The van der Waals surface area contributed by atoms with Crippen molar-refractivity contribution in [1.29, 1.82) is 0 Å². The van der Waals surface area contributed by atoms with E-state index in [1.165, 1.54) is 12.1 Å².